The summed E-state index contributed by atoms with van der Waals surface area (Å²) in [6, 6.07) is 7.36. The lowest BCUT2D eigenvalue weighted by Gasteiger charge is -2.09. The zero-order chi connectivity index (χ0) is 14.5. The number of aromatic nitrogens is 2. The largest absolute Gasteiger partial charge is 0.478 e. The standard InChI is InChI=1S/C15H13N3O2/c1-2-14-17-7-8-18(14)13-5-3-11(4-6-15(19)20)9-12(13)10-16/h3-9H,2H2,1H3,(H,19,20)/b6-4+. The van der Waals surface area contributed by atoms with E-state index >= 15 is 0 Å². The van der Waals surface area contributed by atoms with E-state index in [0.717, 1.165) is 24.0 Å². The molecule has 0 spiro atoms. The first-order valence-electron chi connectivity index (χ1n) is 6.13. The van der Waals surface area contributed by atoms with E-state index in [1.54, 1.807) is 24.4 Å². The predicted molar refractivity (Wildman–Crippen MR) is 74.3 cm³/mol. The molecule has 0 radical (unpaired) electrons. The Bertz CT molecular complexity index is 708. The topological polar surface area (TPSA) is 78.9 Å². The second-order valence-corrected chi connectivity index (χ2v) is 4.13. The van der Waals surface area contributed by atoms with E-state index in [2.05, 4.69) is 11.1 Å². The fourth-order valence-corrected chi connectivity index (χ4v) is 1.94. The Labute approximate surface area is 116 Å². The summed E-state index contributed by atoms with van der Waals surface area (Å²) < 4.78 is 1.86. The number of hydrogen-bond donors (Lipinski definition) is 1. The summed E-state index contributed by atoms with van der Waals surface area (Å²) in [6.07, 6.45) is 6.77. The van der Waals surface area contributed by atoms with Crippen LogP contribution in [0.3, 0.4) is 0 Å². The SMILES string of the molecule is CCc1nccn1-c1ccc(/C=C/C(=O)O)cc1C#N. The number of benzene rings is 1. The number of carboxylic acids is 1. The summed E-state index contributed by atoms with van der Waals surface area (Å²) in [5.41, 5.74) is 1.89. The molecule has 5 nitrogen and oxygen atoms in total. The molecule has 0 aliphatic heterocycles. The van der Waals surface area contributed by atoms with E-state index in [0.29, 0.717) is 11.1 Å². The summed E-state index contributed by atoms with van der Waals surface area (Å²) in [5.74, 6) is -0.147. The first-order chi connectivity index (χ1) is 9.65. The van der Waals surface area contributed by atoms with Gasteiger partial charge in [0.2, 0.25) is 0 Å². The van der Waals surface area contributed by atoms with Gasteiger partial charge in [0.25, 0.3) is 0 Å². The van der Waals surface area contributed by atoms with Gasteiger partial charge in [-0.25, -0.2) is 9.78 Å². The molecule has 0 aliphatic carbocycles. The minimum absolute atomic E-state index is 0.477. The minimum atomic E-state index is -1.02. The third kappa shape index (κ3) is 2.75. The van der Waals surface area contributed by atoms with Crippen LogP contribution in [0.2, 0.25) is 0 Å². The number of nitriles is 1. The molecule has 0 fully saturated rings. The van der Waals surface area contributed by atoms with E-state index in [4.69, 9.17) is 5.11 Å². The molecular formula is C15H13N3O2. The van der Waals surface area contributed by atoms with E-state index < -0.39 is 5.97 Å². The number of hydrogen-bond acceptors (Lipinski definition) is 3. The van der Waals surface area contributed by atoms with Crippen molar-refractivity contribution in [2.45, 2.75) is 13.3 Å². The molecule has 0 saturated carbocycles. The van der Waals surface area contributed by atoms with Crippen LogP contribution in [-0.4, -0.2) is 20.6 Å². The molecule has 0 aliphatic rings. The highest BCUT2D eigenvalue weighted by atomic mass is 16.4. The van der Waals surface area contributed by atoms with Crippen LogP contribution in [-0.2, 0) is 11.2 Å². The number of nitrogens with zero attached hydrogens (tertiary/aromatic N) is 3. The predicted octanol–water partition coefficient (Wildman–Crippen LogP) is 2.40. The first kappa shape index (κ1) is 13.6. The minimum Gasteiger partial charge on any atom is -0.478 e. The lowest BCUT2D eigenvalue weighted by Crippen LogP contribution is -2.01. The molecule has 100 valence electrons. The maximum Gasteiger partial charge on any atom is 0.328 e. The van der Waals surface area contributed by atoms with Crippen LogP contribution >= 0.6 is 0 Å². The van der Waals surface area contributed by atoms with Crippen molar-refractivity contribution >= 4 is 12.0 Å². The highest BCUT2D eigenvalue weighted by molar-refractivity contribution is 5.85. The maximum atomic E-state index is 10.5. The summed E-state index contributed by atoms with van der Waals surface area (Å²) >= 11 is 0. The highest BCUT2D eigenvalue weighted by Gasteiger charge is 2.08. The van der Waals surface area contributed by atoms with Crippen molar-refractivity contribution in [3.05, 3.63) is 53.6 Å². The monoisotopic (exact) mass is 267 g/mol. The van der Waals surface area contributed by atoms with E-state index in [1.165, 1.54) is 6.08 Å². The van der Waals surface area contributed by atoms with Crippen molar-refractivity contribution < 1.29 is 9.90 Å². The van der Waals surface area contributed by atoms with Gasteiger partial charge < -0.3 is 9.67 Å². The van der Waals surface area contributed by atoms with Crippen LogP contribution in [0.1, 0.15) is 23.9 Å². The molecule has 0 amide bonds. The van der Waals surface area contributed by atoms with Crippen molar-refractivity contribution in [3.8, 4) is 11.8 Å². The quantitative estimate of drug-likeness (QED) is 0.863. The number of imidazole rings is 1. The number of carboxylic acid groups (broad SMARTS) is 1. The van der Waals surface area contributed by atoms with Gasteiger partial charge in [-0.15, -0.1) is 0 Å². The van der Waals surface area contributed by atoms with Gasteiger partial charge in [0.05, 0.1) is 11.3 Å². The summed E-state index contributed by atoms with van der Waals surface area (Å²) in [7, 11) is 0. The zero-order valence-corrected chi connectivity index (χ0v) is 10.9. The van der Waals surface area contributed by atoms with Crippen LogP contribution < -0.4 is 0 Å². The number of aliphatic carboxylic acids is 1. The fraction of sp³-hybridized carbons (Fsp3) is 0.133. The van der Waals surface area contributed by atoms with E-state index in [9.17, 15) is 10.1 Å². The second kappa shape index (κ2) is 5.85. The molecule has 0 saturated heterocycles. The Balaban J connectivity index is 2.47. The van der Waals surface area contributed by atoms with Gasteiger partial charge in [0.1, 0.15) is 11.9 Å². The van der Waals surface area contributed by atoms with Crippen molar-refractivity contribution in [1.29, 1.82) is 5.26 Å². The average Bonchev–Trinajstić information content (AvgIpc) is 2.92. The van der Waals surface area contributed by atoms with Crippen molar-refractivity contribution in [3.63, 3.8) is 0 Å². The Hall–Kier alpha value is -2.87. The average molecular weight is 267 g/mol. The maximum absolute atomic E-state index is 10.5. The Morgan fingerprint density at radius 1 is 1.55 bits per heavy atom. The normalized spacial score (nSPS) is 10.6. The summed E-state index contributed by atoms with van der Waals surface area (Å²) in [5, 5.41) is 17.9. The molecule has 20 heavy (non-hydrogen) atoms. The number of aryl methyl sites for hydroxylation is 1. The third-order valence-electron chi connectivity index (χ3n) is 2.85. The molecule has 1 aromatic carbocycles. The molecule has 5 heteroatoms. The lowest BCUT2D eigenvalue weighted by atomic mass is 10.1. The zero-order valence-electron chi connectivity index (χ0n) is 10.9. The Kier molecular flexibility index (Phi) is 3.96. The molecule has 1 aromatic heterocycles. The summed E-state index contributed by atoms with van der Waals surface area (Å²) in [4.78, 5) is 14.7. The van der Waals surface area contributed by atoms with E-state index in [1.807, 2.05) is 17.7 Å². The lowest BCUT2D eigenvalue weighted by molar-refractivity contribution is -0.131. The van der Waals surface area contributed by atoms with Gasteiger partial charge in [-0.2, -0.15) is 5.26 Å². The number of carbonyl (C=O) groups is 1. The van der Waals surface area contributed by atoms with Crippen LogP contribution in [0.25, 0.3) is 11.8 Å². The molecule has 0 unspecified atom stereocenters. The van der Waals surface area contributed by atoms with Crippen molar-refractivity contribution in [2.24, 2.45) is 0 Å². The van der Waals surface area contributed by atoms with Gasteiger partial charge in [-0.3, -0.25) is 0 Å². The van der Waals surface area contributed by atoms with E-state index in [-0.39, 0.29) is 0 Å². The third-order valence-corrected chi connectivity index (χ3v) is 2.85. The number of rotatable bonds is 4. The van der Waals surface area contributed by atoms with Gasteiger partial charge >= 0.3 is 5.97 Å². The fourth-order valence-electron chi connectivity index (χ4n) is 1.94. The molecular weight excluding hydrogens is 254 g/mol. The van der Waals surface area contributed by atoms with Crippen molar-refractivity contribution in [1.82, 2.24) is 9.55 Å². The van der Waals surface area contributed by atoms with Gasteiger partial charge in [0.15, 0.2) is 0 Å². The van der Waals surface area contributed by atoms with Crippen molar-refractivity contribution in [2.75, 3.05) is 0 Å². The van der Waals surface area contributed by atoms with Gasteiger partial charge in [-0.05, 0) is 23.8 Å². The van der Waals surface area contributed by atoms with Crippen LogP contribution in [0.4, 0.5) is 0 Å². The molecule has 2 aromatic rings. The summed E-state index contributed by atoms with van der Waals surface area (Å²) in [6.45, 7) is 1.99. The van der Waals surface area contributed by atoms with Crippen LogP contribution in [0, 0.1) is 11.3 Å². The molecule has 0 bridgehead atoms. The smallest absolute Gasteiger partial charge is 0.328 e. The van der Waals surface area contributed by atoms with Gasteiger partial charge in [-0.1, -0.05) is 13.0 Å². The highest BCUT2D eigenvalue weighted by Crippen LogP contribution is 2.18. The van der Waals surface area contributed by atoms with Crippen LogP contribution in [0.15, 0.2) is 36.7 Å². The molecule has 1 N–H and O–H groups in total. The Morgan fingerprint density at radius 3 is 3.00 bits per heavy atom. The Morgan fingerprint density at radius 2 is 2.35 bits per heavy atom. The van der Waals surface area contributed by atoms with Gasteiger partial charge in [0, 0.05) is 24.9 Å². The second-order valence-electron chi connectivity index (χ2n) is 4.13. The molecule has 2 rings (SSSR count). The first-order valence-corrected chi connectivity index (χ1v) is 6.13. The van der Waals surface area contributed by atoms with Crippen LogP contribution in [0.5, 0.6) is 0 Å². The molecule has 0 atom stereocenters. The molecule has 1 heterocycles.